The Labute approximate surface area is 66.1 Å². The van der Waals surface area contributed by atoms with Gasteiger partial charge in [-0.15, -0.1) is 0 Å². The van der Waals surface area contributed by atoms with E-state index in [1.54, 1.807) is 0 Å². The third-order valence-electron chi connectivity index (χ3n) is 0.957. The molecule has 0 atom stereocenters. The second kappa shape index (κ2) is 6.32. The predicted molar refractivity (Wildman–Crippen MR) is 46.3 cm³/mol. The first kappa shape index (κ1) is 9.20. The zero-order chi connectivity index (χ0) is 7.11. The van der Waals surface area contributed by atoms with E-state index in [-0.39, 0.29) is 4.38 Å². The van der Waals surface area contributed by atoms with Crippen LogP contribution < -0.4 is 5.32 Å². The third kappa shape index (κ3) is 11.7. The molecule has 0 radical (unpaired) electrons. The molecule has 1 aliphatic rings. The Morgan fingerprint density at radius 2 is 1.78 bits per heavy atom. The average molecular weight is 165 g/mol. The van der Waals surface area contributed by atoms with Crippen LogP contribution in [-0.2, 0) is 0 Å². The van der Waals surface area contributed by atoms with Crippen LogP contribution in [0.15, 0.2) is 0 Å². The molecule has 1 saturated heterocycles. The van der Waals surface area contributed by atoms with Crippen LogP contribution in [0.2, 0.25) is 0 Å². The van der Waals surface area contributed by atoms with Crippen molar-refractivity contribution in [1.29, 1.82) is 0 Å². The molecule has 0 saturated carbocycles. The van der Waals surface area contributed by atoms with Gasteiger partial charge in [0.15, 0.2) is 0 Å². The number of aliphatic hydroxyl groups is 1. The molecule has 2 nitrogen and oxygen atoms in total. The molecule has 0 aromatic rings. The summed E-state index contributed by atoms with van der Waals surface area (Å²) in [6.45, 7) is 2.50. The fourth-order valence-electron chi connectivity index (χ4n) is 0.625. The minimum Gasteiger partial charge on any atom is -0.494 e. The van der Waals surface area contributed by atoms with Crippen molar-refractivity contribution in [3.05, 3.63) is 0 Å². The van der Waals surface area contributed by atoms with Gasteiger partial charge in [0.1, 0.15) is 0 Å². The van der Waals surface area contributed by atoms with Crippen molar-refractivity contribution in [2.75, 3.05) is 13.1 Å². The van der Waals surface area contributed by atoms with E-state index >= 15 is 0 Å². The molecule has 0 aromatic carbocycles. The van der Waals surface area contributed by atoms with Crippen LogP contribution in [0.1, 0.15) is 12.8 Å². The molecular weight excluding hydrogens is 154 g/mol. The number of aliphatic hydroxyl groups excluding tert-OH is 1. The van der Waals surface area contributed by atoms with E-state index in [2.05, 4.69) is 30.2 Å². The summed E-state index contributed by atoms with van der Waals surface area (Å²) in [5.41, 5.74) is 0. The highest BCUT2D eigenvalue weighted by Crippen LogP contribution is 1.90. The second-order valence-corrected chi connectivity index (χ2v) is 2.85. The van der Waals surface area contributed by atoms with E-state index in [0.29, 0.717) is 0 Å². The van der Waals surface area contributed by atoms with Gasteiger partial charge in [0.05, 0.1) is 0 Å². The summed E-state index contributed by atoms with van der Waals surface area (Å²) in [5, 5.41) is 10.9. The Morgan fingerprint density at radius 1 is 1.44 bits per heavy atom. The van der Waals surface area contributed by atoms with Gasteiger partial charge < -0.3 is 10.4 Å². The zero-order valence-corrected chi connectivity index (χ0v) is 6.84. The van der Waals surface area contributed by atoms with Crippen LogP contribution in [0, 0.1) is 0 Å². The minimum atomic E-state index is -0.306. The first-order valence-electron chi connectivity index (χ1n) is 2.86. The van der Waals surface area contributed by atoms with Crippen LogP contribution in [0.25, 0.3) is 0 Å². The Hall–Kier alpha value is 0.200. The summed E-state index contributed by atoms with van der Waals surface area (Å²) in [4.78, 5) is 0. The smallest absolute Gasteiger partial charge is 0.214 e. The van der Waals surface area contributed by atoms with Crippen molar-refractivity contribution in [2.45, 2.75) is 12.8 Å². The fourth-order valence-corrected chi connectivity index (χ4v) is 0.625. The van der Waals surface area contributed by atoms with Crippen molar-refractivity contribution < 1.29 is 5.11 Å². The van der Waals surface area contributed by atoms with Gasteiger partial charge in [-0.3, -0.25) is 0 Å². The molecule has 0 aliphatic carbocycles. The van der Waals surface area contributed by atoms with Crippen LogP contribution in [0.3, 0.4) is 0 Å². The lowest BCUT2D eigenvalue weighted by molar-refractivity contribution is 0.586. The molecule has 4 heteroatoms. The monoisotopic (exact) mass is 165 g/mol. The van der Waals surface area contributed by atoms with Crippen molar-refractivity contribution in [1.82, 2.24) is 5.32 Å². The molecule has 0 spiro atoms. The fraction of sp³-hybridized carbons (Fsp3) is 0.800. The van der Waals surface area contributed by atoms with Gasteiger partial charge in [-0.25, -0.2) is 0 Å². The zero-order valence-electron chi connectivity index (χ0n) is 5.13. The van der Waals surface area contributed by atoms with Crippen molar-refractivity contribution in [3.63, 3.8) is 0 Å². The molecule has 0 amide bonds. The third-order valence-corrected chi connectivity index (χ3v) is 0.957. The lowest BCUT2D eigenvalue weighted by Crippen LogP contribution is -2.03. The summed E-state index contributed by atoms with van der Waals surface area (Å²) in [6.07, 6.45) is 2.78. The van der Waals surface area contributed by atoms with Gasteiger partial charge in [0, 0.05) is 0 Å². The molecule has 54 valence electrons. The highest BCUT2D eigenvalue weighted by molar-refractivity contribution is 8.10. The van der Waals surface area contributed by atoms with Crippen molar-refractivity contribution in [3.8, 4) is 0 Å². The summed E-state index contributed by atoms with van der Waals surface area (Å²) in [7, 11) is 0. The lowest BCUT2D eigenvalue weighted by Gasteiger charge is -1.76. The van der Waals surface area contributed by atoms with E-state index in [1.165, 1.54) is 25.9 Å². The number of hydrogen-bond acceptors (Lipinski definition) is 2. The largest absolute Gasteiger partial charge is 0.494 e. The number of nitrogens with one attached hydrogen (secondary N) is 1. The average Bonchev–Trinajstić information content (AvgIpc) is 2.11. The molecule has 1 aliphatic heterocycles. The topological polar surface area (TPSA) is 32.3 Å². The van der Waals surface area contributed by atoms with E-state index in [9.17, 15) is 0 Å². The summed E-state index contributed by atoms with van der Waals surface area (Å²) < 4.78 is -0.306. The van der Waals surface area contributed by atoms with Crippen LogP contribution in [0.5, 0.6) is 0 Å². The second-order valence-electron chi connectivity index (χ2n) is 1.74. The maximum Gasteiger partial charge on any atom is 0.214 e. The minimum absolute atomic E-state index is 0.306. The Balaban J connectivity index is 0.000000148. The Bertz CT molecular complexity index is 71.4. The highest BCUT2D eigenvalue weighted by atomic mass is 32.1. The Morgan fingerprint density at radius 3 is 1.89 bits per heavy atom. The summed E-state index contributed by atoms with van der Waals surface area (Å²) in [5.74, 6) is 0. The standard InChI is InChI=1S/C4H9N.CH2OS2/c1-2-4-5-3-1;2-1(3)4/h5H,1-4H2;(H2,2,3,4). The van der Waals surface area contributed by atoms with Gasteiger partial charge in [-0.2, -0.15) is 0 Å². The molecule has 2 N–H and O–H groups in total. The van der Waals surface area contributed by atoms with E-state index in [1.807, 2.05) is 0 Å². The molecule has 0 bridgehead atoms. The number of rotatable bonds is 0. The van der Waals surface area contributed by atoms with Gasteiger partial charge in [0.25, 0.3) is 0 Å². The first-order valence-corrected chi connectivity index (χ1v) is 3.71. The van der Waals surface area contributed by atoms with Gasteiger partial charge in [-0.05, 0) is 38.1 Å². The van der Waals surface area contributed by atoms with Crippen LogP contribution >= 0.6 is 24.8 Å². The normalized spacial score (nSPS) is 16.1. The number of thiol groups is 1. The molecule has 1 heterocycles. The van der Waals surface area contributed by atoms with Gasteiger partial charge in [-0.1, -0.05) is 12.6 Å². The SMILES string of the molecule is C1CCNC1.OC(=S)S. The molecular formula is C5H11NOS2. The van der Waals surface area contributed by atoms with Crippen molar-refractivity contribution >= 4 is 29.2 Å². The lowest BCUT2D eigenvalue weighted by atomic mass is 10.4. The van der Waals surface area contributed by atoms with Gasteiger partial charge >= 0.3 is 0 Å². The van der Waals surface area contributed by atoms with Crippen LogP contribution in [-0.4, -0.2) is 22.6 Å². The molecule has 0 unspecified atom stereocenters. The Kier molecular flexibility index (Phi) is 6.46. The maximum absolute atomic E-state index is 7.65. The summed E-state index contributed by atoms with van der Waals surface area (Å²) in [6, 6.07) is 0. The number of hydrogen-bond donors (Lipinski definition) is 3. The summed E-state index contributed by atoms with van der Waals surface area (Å²) >= 11 is 7.21. The molecule has 1 fully saturated rings. The predicted octanol–water partition coefficient (Wildman–Crippen LogP) is 1.13. The first-order chi connectivity index (χ1) is 4.23. The van der Waals surface area contributed by atoms with Crippen LogP contribution in [0.4, 0.5) is 0 Å². The maximum atomic E-state index is 7.65. The highest BCUT2D eigenvalue weighted by Gasteiger charge is 1.93. The quantitative estimate of drug-likeness (QED) is 0.371. The van der Waals surface area contributed by atoms with Crippen molar-refractivity contribution in [2.24, 2.45) is 0 Å². The van der Waals surface area contributed by atoms with Gasteiger partial charge in [0.2, 0.25) is 4.38 Å². The van der Waals surface area contributed by atoms with E-state index in [0.717, 1.165) is 0 Å². The van der Waals surface area contributed by atoms with E-state index < -0.39 is 0 Å². The van der Waals surface area contributed by atoms with E-state index in [4.69, 9.17) is 5.11 Å². The molecule has 1 rings (SSSR count). The number of thiocarbonyl (C=S) groups is 1. The molecule has 0 aromatic heterocycles. The molecule has 9 heavy (non-hydrogen) atoms.